The number of benzene rings is 2. The number of hydrogen-bond donors (Lipinski definition) is 0. The molecule has 0 bridgehead atoms. The Morgan fingerprint density at radius 2 is 1.38 bits per heavy atom. The van der Waals surface area contributed by atoms with Crippen molar-refractivity contribution < 1.29 is 4.74 Å². The molecule has 3 heteroatoms. The predicted octanol–water partition coefficient (Wildman–Crippen LogP) is 9.03. The van der Waals surface area contributed by atoms with Gasteiger partial charge in [-0.3, -0.25) is 0 Å². The Labute approximate surface area is 195 Å². The molecular weight excluding hydrogens is 392 g/mol. The fourth-order valence-corrected chi connectivity index (χ4v) is 4.24. The van der Waals surface area contributed by atoms with Crippen molar-refractivity contribution in [2.75, 3.05) is 0 Å². The minimum Gasteiger partial charge on any atom is -0.456 e. The van der Waals surface area contributed by atoms with Crippen molar-refractivity contribution in [1.82, 2.24) is 0 Å². The molecule has 0 radical (unpaired) electrons. The second-order valence-corrected chi connectivity index (χ2v) is 8.65. The molecule has 32 heavy (non-hydrogen) atoms. The number of nitriles is 2. The van der Waals surface area contributed by atoms with Gasteiger partial charge < -0.3 is 4.74 Å². The van der Waals surface area contributed by atoms with Crippen LogP contribution in [0.25, 0.3) is 0 Å². The first-order chi connectivity index (χ1) is 15.7. The van der Waals surface area contributed by atoms with Gasteiger partial charge in [0.25, 0.3) is 0 Å². The van der Waals surface area contributed by atoms with Crippen molar-refractivity contribution in [3.63, 3.8) is 0 Å². The van der Waals surface area contributed by atoms with E-state index in [2.05, 4.69) is 32.0 Å². The molecule has 0 amide bonds. The molecule has 1 unspecified atom stereocenters. The second kappa shape index (κ2) is 15.1. The van der Waals surface area contributed by atoms with Gasteiger partial charge in [-0.2, -0.15) is 10.5 Å². The van der Waals surface area contributed by atoms with E-state index in [1.54, 1.807) is 18.2 Å². The molecular formula is C29H38N2O. The Balaban J connectivity index is 1.78. The number of rotatable bonds is 15. The number of nitrogens with zero attached hydrogens (tertiary/aromatic N) is 2. The molecule has 0 N–H and O–H groups in total. The molecule has 170 valence electrons. The van der Waals surface area contributed by atoms with Gasteiger partial charge in [0.2, 0.25) is 0 Å². The fraction of sp³-hybridized carbons (Fsp3) is 0.517. The van der Waals surface area contributed by atoms with Crippen molar-refractivity contribution in [3.8, 4) is 23.6 Å². The molecule has 0 fully saturated rings. The van der Waals surface area contributed by atoms with Gasteiger partial charge >= 0.3 is 0 Å². The maximum absolute atomic E-state index is 9.37. The predicted molar refractivity (Wildman–Crippen MR) is 132 cm³/mol. The molecule has 2 aromatic carbocycles. The minimum absolute atomic E-state index is 0.284. The van der Waals surface area contributed by atoms with E-state index in [9.17, 15) is 10.5 Å². The smallest absolute Gasteiger partial charge is 0.146 e. The third-order valence-corrected chi connectivity index (χ3v) is 6.24. The van der Waals surface area contributed by atoms with Crippen molar-refractivity contribution in [1.29, 1.82) is 10.5 Å². The monoisotopic (exact) mass is 430 g/mol. The summed E-state index contributed by atoms with van der Waals surface area (Å²) in [5, 5.41) is 18.5. The van der Waals surface area contributed by atoms with Crippen LogP contribution in [0.2, 0.25) is 0 Å². The number of hydrogen-bond acceptors (Lipinski definition) is 3. The summed E-state index contributed by atoms with van der Waals surface area (Å²) in [6.45, 7) is 4.53. The maximum atomic E-state index is 9.37. The average Bonchev–Trinajstić information content (AvgIpc) is 2.83. The molecule has 0 saturated carbocycles. The molecule has 0 aliphatic carbocycles. The number of ether oxygens (including phenoxy) is 1. The lowest BCUT2D eigenvalue weighted by molar-refractivity contribution is 0.479. The van der Waals surface area contributed by atoms with Gasteiger partial charge in [0.05, 0.1) is 5.56 Å². The van der Waals surface area contributed by atoms with Gasteiger partial charge in [-0.1, -0.05) is 96.3 Å². The summed E-state index contributed by atoms with van der Waals surface area (Å²) >= 11 is 0. The van der Waals surface area contributed by atoms with Crippen LogP contribution < -0.4 is 4.74 Å². The van der Waals surface area contributed by atoms with Crippen LogP contribution in [-0.2, 0) is 0 Å². The van der Waals surface area contributed by atoms with E-state index in [0.717, 1.165) is 6.42 Å². The molecule has 3 nitrogen and oxygen atoms in total. The van der Waals surface area contributed by atoms with Gasteiger partial charge in [0, 0.05) is 0 Å². The van der Waals surface area contributed by atoms with Crippen LogP contribution in [0.4, 0.5) is 0 Å². The standard InChI is InChI=1S/C29H38N2O/c1-3-5-6-7-8-9-10-11-12-13-15-24(4-2)25-18-20-27(21-19-25)32-29-17-14-16-26(22-30)28(29)23-31/h14,16-21,24H,3-13,15H2,1-2H3. The fourth-order valence-electron chi connectivity index (χ4n) is 4.24. The van der Waals surface area contributed by atoms with Crippen LogP contribution in [0, 0.1) is 22.7 Å². The molecule has 0 heterocycles. The average molecular weight is 431 g/mol. The quantitative estimate of drug-likeness (QED) is 0.265. The summed E-state index contributed by atoms with van der Waals surface area (Å²) < 4.78 is 5.90. The summed E-state index contributed by atoms with van der Waals surface area (Å²) in [5.74, 6) is 1.69. The lowest BCUT2D eigenvalue weighted by Gasteiger charge is -2.16. The Hall–Kier alpha value is -2.78. The first-order valence-corrected chi connectivity index (χ1v) is 12.4. The first kappa shape index (κ1) is 25.5. The number of unbranched alkanes of at least 4 members (excludes halogenated alkanes) is 9. The normalized spacial score (nSPS) is 11.5. The highest BCUT2D eigenvalue weighted by Gasteiger charge is 2.12. The topological polar surface area (TPSA) is 56.8 Å². The van der Waals surface area contributed by atoms with Crippen LogP contribution >= 0.6 is 0 Å². The van der Waals surface area contributed by atoms with Gasteiger partial charge in [-0.05, 0) is 48.6 Å². The zero-order valence-electron chi connectivity index (χ0n) is 19.9. The Morgan fingerprint density at radius 3 is 1.94 bits per heavy atom. The van der Waals surface area contributed by atoms with Crippen molar-refractivity contribution >= 4 is 0 Å². The Bertz CT molecular complexity index is 874. The minimum atomic E-state index is 0.284. The van der Waals surface area contributed by atoms with Gasteiger partial charge in [0.1, 0.15) is 29.2 Å². The molecule has 0 saturated heterocycles. The molecule has 0 aliphatic heterocycles. The SMILES string of the molecule is CCCCCCCCCCCCC(CC)c1ccc(Oc2cccc(C#N)c2C#N)cc1. The molecule has 1 atom stereocenters. The van der Waals surface area contributed by atoms with Crippen molar-refractivity contribution in [2.24, 2.45) is 0 Å². The molecule has 2 aromatic rings. The van der Waals surface area contributed by atoms with Crippen LogP contribution in [0.15, 0.2) is 42.5 Å². The summed E-state index contributed by atoms with van der Waals surface area (Å²) in [5.41, 5.74) is 1.97. The van der Waals surface area contributed by atoms with Crippen LogP contribution in [0.5, 0.6) is 11.5 Å². The Kier molecular flexibility index (Phi) is 12.0. The highest BCUT2D eigenvalue weighted by molar-refractivity contribution is 5.55. The molecule has 0 aliphatic rings. The van der Waals surface area contributed by atoms with Gasteiger partial charge in [0.15, 0.2) is 0 Å². The second-order valence-electron chi connectivity index (χ2n) is 8.65. The van der Waals surface area contributed by atoms with Crippen LogP contribution in [-0.4, -0.2) is 0 Å². The molecule has 2 rings (SSSR count). The largest absolute Gasteiger partial charge is 0.456 e. The van der Waals surface area contributed by atoms with Crippen LogP contribution in [0.1, 0.15) is 114 Å². The summed E-state index contributed by atoms with van der Waals surface area (Å²) in [6, 6.07) is 17.4. The van der Waals surface area contributed by atoms with Gasteiger partial charge in [-0.15, -0.1) is 0 Å². The van der Waals surface area contributed by atoms with E-state index < -0.39 is 0 Å². The van der Waals surface area contributed by atoms with E-state index in [1.165, 1.54) is 76.2 Å². The van der Waals surface area contributed by atoms with Gasteiger partial charge in [-0.25, -0.2) is 0 Å². The van der Waals surface area contributed by atoms with E-state index >= 15 is 0 Å². The van der Waals surface area contributed by atoms with Crippen molar-refractivity contribution in [2.45, 2.75) is 96.8 Å². The van der Waals surface area contributed by atoms with Crippen molar-refractivity contribution in [3.05, 3.63) is 59.2 Å². The third-order valence-electron chi connectivity index (χ3n) is 6.24. The van der Waals surface area contributed by atoms with Crippen LogP contribution in [0.3, 0.4) is 0 Å². The van der Waals surface area contributed by atoms with E-state index in [4.69, 9.17) is 4.74 Å². The molecule has 0 spiro atoms. The zero-order chi connectivity index (χ0) is 23.0. The van der Waals surface area contributed by atoms with E-state index in [1.807, 2.05) is 18.2 Å². The lowest BCUT2D eigenvalue weighted by atomic mass is 9.90. The van der Waals surface area contributed by atoms with E-state index in [-0.39, 0.29) is 5.56 Å². The molecule has 0 aromatic heterocycles. The lowest BCUT2D eigenvalue weighted by Crippen LogP contribution is -1.98. The summed E-state index contributed by atoms with van der Waals surface area (Å²) in [4.78, 5) is 0. The first-order valence-electron chi connectivity index (χ1n) is 12.4. The highest BCUT2D eigenvalue weighted by atomic mass is 16.5. The summed E-state index contributed by atoms with van der Waals surface area (Å²) in [6.07, 6.45) is 16.1. The van der Waals surface area contributed by atoms with E-state index in [0.29, 0.717) is 23.0 Å². The third kappa shape index (κ3) is 8.39. The zero-order valence-corrected chi connectivity index (χ0v) is 19.9. The Morgan fingerprint density at radius 1 is 0.750 bits per heavy atom. The summed E-state index contributed by atoms with van der Waals surface area (Å²) in [7, 11) is 0. The maximum Gasteiger partial charge on any atom is 0.146 e. The highest BCUT2D eigenvalue weighted by Crippen LogP contribution is 2.31.